The number of aromatic nitrogens is 6. The molecule has 0 aliphatic heterocycles. The van der Waals surface area contributed by atoms with Gasteiger partial charge in [0.15, 0.2) is 31.9 Å². The minimum atomic E-state index is -4.69. The van der Waals surface area contributed by atoms with Gasteiger partial charge in [-0.1, -0.05) is 13.0 Å². The van der Waals surface area contributed by atoms with Crippen molar-refractivity contribution < 1.29 is 31.2 Å². The lowest BCUT2D eigenvalue weighted by atomic mass is 10.2. The summed E-state index contributed by atoms with van der Waals surface area (Å²) in [5, 5.41) is 7.09. The van der Waals surface area contributed by atoms with Crippen molar-refractivity contribution in [3.63, 3.8) is 0 Å². The third kappa shape index (κ3) is 4.10. The molecule has 4 aromatic heterocycles. The van der Waals surface area contributed by atoms with Gasteiger partial charge in [0.25, 0.3) is 5.91 Å². The molecule has 4 heterocycles. The van der Waals surface area contributed by atoms with E-state index in [0.29, 0.717) is 0 Å². The Morgan fingerprint density at radius 1 is 1.29 bits per heavy atom. The van der Waals surface area contributed by atoms with E-state index < -0.39 is 32.6 Å². The first-order valence-corrected chi connectivity index (χ1v) is 11.3. The summed E-state index contributed by atoms with van der Waals surface area (Å²) in [5.74, 6) is -1.07. The van der Waals surface area contributed by atoms with Crippen molar-refractivity contribution >= 4 is 27.0 Å². The summed E-state index contributed by atoms with van der Waals surface area (Å²) in [4.78, 5) is 25.8. The van der Waals surface area contributed by atoms with E-state index in [9.17, 15) is 26.4 Å². The van der Waals surface area contributed by atoms with Crippen LogP contribution in [0.3, 0.4) is 0 Å². The Morgan fingerprint density at radius 3 is 2.74 bits per heavy atom. The normalized spacial score (nSPS) is 12.4. The second-order valence-corrected chi connectivity index (χ2v) is 9.02. The maximum absolute atomic E-state index is 13.0. The Hall–Kier alpha value is -3.85. The van der Waals surface area contributed by atoms with E-state index in [1.54, 1.807) is 0 Å². The number of sulfone groups is 1. The van der Waals surface area contributed by atoms with E-state index in [-0.39, 0.29) is 40.6 Å². The summed E-state index contributed by atoms with van der Waals surface area (Å²) in [5.41, 5.74) is 0.613. The molecule has 1 N–H and O–H groups in total. The molecule has 0 bridgehead atoms. The van der Waals surface area contributed by atoms with E-state index in [1.165, 1.54) is 37.5 Å². The summed E-state index contributed by atoms with van der Waals surface area (Å²) in [6.07, 6.45) is -0.821. The highest BCUT2D eigenvalue weighted by molar-refractivity contribution is 7.91. The van der Waals surface area contributed by atoms with E-state index in [1.807, 2.05) is 0 Å². The maximum atomic E-state index is 13.0. The average Bonchev–Trinajstić information content (AvgIpc) is 3.40. The van der Waals surface area contributed by atoms with E-state index in [0.717, 1.165) is 15.1 Å². The van der Waals surface area contributed by atoms with Gasteiger partial charge in [-0.2, -0.15) is 23.4 Å². The second-order valence-electron chi connectivity index (χ2n) is 6.82. The fourth-order valence-electron chi connectivity index (χ4n) is 3.05. The second kappa shape index (κ2) is 8.49. The highest BCUT2D eigenvalue weighted by Gasteiger charge is 2.35. The number of carbonyl (C=O) groups excluding carboxylic acids is 1. The zero-order valence-electron chi connectivity index (χ0n) is 17.4. The van der Waals surface area contributed by atoms with Gasteiger partial charge in [-0.05, 0) is 12.1 Å². The smallest absolute Gasteiger partial charge is 0.269 e. The minimum Gasteiger partial charge on any atom is -0.269 e. The number of nitrogens with one attached hydrogen (secondary N) is 1. The number of halogens is 3. The third-order valence-corrected chi connectivity index (χ3v) is 6.27. The number of alkyl halides is 3. The van der Waals surface area contributed by atoms with Crippen molar-refractivity contribution in [2.75, 3.05) is 12.4 Å². The first kappa shape index (κ1) is 23.3. The van der Waals surface area contributed by atoms with Crippen molar-refractivity contribution in [1.29, 1.82) is 0 Å². The van der Waals surface area contributed by atoms with Crippen molar-refractivity contribution in [2.24, 2.45) is 0 Å². The summed E-state index contributed by atoms with van der Waals surface area (Å²) >= 11 is 0. The number of fused-ring (bicyclic) bond motifs is 2. The third-order valence-electron chi connectivity index (χ3n) is 4.63. The summed E-state index contributed by atoms with van der Waals surface area (Å²) in [6.45, 7) is 4.88. The molecule has 0 aliphatic rings. The Kier molecular flexibility index (Phi) is 5.82. The van der Waals surface area contributed by atoms with Gasteiger partial charge in [-0.25, -0.2) is 32.9 Å². The van der Waals surface area contributed by atoms with Crippen LogP contribution < -0.4 is 5.48 Å². The predicted molar refractivity (Wildman–Crippen MR) is 111 cm³/mol. The van der Waals surface area contributed by atoms with Gasteiger partial charge in [0.05, 0.1) is 23.6 Å². The number of nitrogens with zero attached hydrogens (tertiary/aromatic N) is 6. The average molecular weight is 495 g/mol. The van der Waals surface area contributed by atoms with Gasteiger partial charge in [0.2, 0.25) is 0 Å². The Balaban J connectivity index is 1.94. The molecule has 178 valence electrons. The van der Waals surface area contributed by atoms with Gasteiger partial charge in [0.1, 0.15) is 5.69 Å². The lowest BCUT2D eigenvalue weighted by molar-refractivity contribution is -0.141. The fourth-order valence-corrected chi connectivity index (χ4v) is 4.04. The number of hydroxylamine groups is 1. The molecule has 0 unspecified atom stereocenters. The molecule has 4 aromatic rings. The van der Waals surface area contributed by atoms with Crippen molar-refractivity contribution in [3.05, 3.63) is 54.6 Å². The van der Waals surface area contributed by atoms with Gasteiger partial charge in [0, 0.05) is 18.5 Å². The minimum absolute atomic E-state index is 0.0175. The molecule has 0 fully saturated rings. The molecular weight excluding hydrogens is 479 g/mol. The highest BCUT2D eigenvalue weighted by atomic mass is 32.2. The van der Waals surface area contributed by atoms with Crippen LogP contribution in [-0.4, -0.2) is 55.9 Å². The number of hydrogen-bond acceptors (Lipinski definition) is 8. The first-order chi connectivity index (χ1) is 16.1. The Bertz CT molecular complexity index is 1530. The molecule has 15 heteroatoms. The lowest BCUT2D eigenvalue weighted by Crippen LogP contribution is -2.26. The summed E-state index contributed by atoms with van der Waals surface area (Å²) in [6, 6.07) is 3.31. The molecule has 0 spiro atoms. The number of carbonyl (C=O) groups is 1. The number of hydrogen-bond donors (Lipinski definition) is 1. The summed E-state index contributed by atoms with van der Waals surface area (Å²) < 4.78 is 66.7. The van der Waals surface area contributed by atoms with Gasteiger partial charge < -0.3 is 0 Å². The van der Waals surface area contributed by atoms with Crippen LogP contribution in [0.1, 0.15) is 23.1 Å². The van der Waals surface area contributed by atoms with Crippen molar-refractivity contribution in [1.82, 2.24) is 34.7 Å². The molecule has 34 heavy (non-hydrogen) atoms. The fraction of sp³-hybridized carbons (Fsp3) is 0.211. The Labute approximate surface area is 189 Å². The maximum Gasteiger partial charge on any atom is 0.435 e. The Morgan fingerprint density at radius 2 is 2.06 bits per heavy atom. The molecule has 0 saturated carbocycles. The monoisotopic (exact) mass is 495 g/mol. The lowest BCUT2D eigenvalue weighted by Gasteiger charge is -2.05. The van der Waals surface area contributed by atoms with Crippen LogP contribution in [0.25, 0.3) is 22.6 Å². The van der Waals surface area contributed by atoms with Crippen LogP contribution in [0.5, 0.6) is 0 Å². The molecule has 1 amide bonds. The molecule has 0 radical (unpaired) electrons. The van der Waals surface area contributed by atoms with Crippen molar-refractivity contribution in [3.8, 4) is 11.3 Å². The van der Waals surface area contributed by atoms with Crippen LogP contribution in [0.2, 0.25) is 0 Å². The standard InChI is InChI=1S/C19H16F3N7O4S/c1-3-9-33-27-17(30)12-5-7-23-16-15(18(26-29(12)16)34(31,32)4-2)11-6-8-28-14(24-11)10-13(25-28)19(20,21)22/h3,5-8,10H,1,4,9H2,2H3,(H,27,30). The molecule has 4 rings (SSSR count). The van der Waals surface area contributed by atoms with E-state index >= 15 is 0 Å². The van der Waals surface area contributed by atoms with Crippen molar-refractivity contribution in [2.45, 2.75) is 18.1 Å². The number of amides is 1. The first-order valence-electron chi connectivity index (χ1n) is 9.64. The quantitative estimate of drug-likeness (QED) is 0.234. The van der Waals surface area contributed by atoms with Crippen LogP contribution in [0.4, 0.5) is 13.2 Å². The van der Waals surface area contributed by atoms with Crippen LogP contribution in [0.15, 0.2) is 48.3 Å². The van der Waals surface area contributed by atoms with Crippen LogP contribution in [-0.2, 0) is 20.9 Å². The molecule has 11 nitrogen and oxygen atoms in total. The zero-order chi connectivity index (χ0) is 24.7. The zero-order valence-corrected chi connectivity index (χ0v) is 18.3. The van der Waals surface area contributed by atoms with Crippen LogP contribution in [0, 0.1) is 0 Å². The molecular formula is C19H16F3N7O4S. The summed E-state index contributed by atoms with van der Waals surface area (Å²) in [7, 11) is -3.96. The van der Waals surface area contributed by atoms with Crippen LogP contribution >= 0.6 is 0 Å². The van der Waals surface area contributed by atoms with Gasteiger partial charge in [-0.15, -0.1) is 6.58 Å². The van der Waals surface area contributed by atoms with E-state index in [4.69, 9.17) is 4.84 Å². The van der Waals surface area contributed by atoms with Gasteiger partial charge >= 0.3 is 6.18 Å². The topological polar surface area (TPSA) is 133 Å². The molecule has 0 saturated heterocycles. The van der Waals surface area contributed by atoms with Gasteiger partial charge in [-0.3, -0.25) is 9.63 Å². The molecule has 0 atom stereocenters. The number of rotatable bonds is 7. The SMILES string of the molecule is C=CCONC(=O)c1ccnc2c(-c3ccn4nc(C(F)(F)F)cc4n3)c(S(=O)(=O)CC)nn12. The van der Waals surface area contributed by atoms with E-state index in [2.05, 4.69) is 32.2 Å². The largest absolute Gasteiger partial charge is 0.435 e. The molecule has 0 aromatic carbocycles. The predicted octanol–water partition coefficient (Wildman–Crippen LogP) is 2.10. The highest BCUT2D eigenvalue weighted by Crippen LogP contribution is 2.32. The molecule has 0 aliphatic carbocycles.